The van der Waals surface area contributed by atoms with Gasteiger partial charge in [-0.15, -0.1) is 0 Å². The molecule has 70 valence electrons. The highest BCUT2D eigenvalue weighted by Gasteiger charge is 2.17. The fraction of sp³-hybridized carbons (Fsp3) is 0.222. The lowest BCUT2D eigenvalue weighted by atomic mass is 10.0. The summed E-state index contributed by atoms with van der Waals surface area (Å²) in [5.74, 6) is -1.23. The minimum Gasteiger partial charge on any atom is -0.508 e. The van der Waals surface area contributed by atoms with E-state index in [1.54, 1.807) is 13.0 Å². The Morgan fingerprint density at radius 1 is 1.54 bits per heavy atom. The summed E-state index contributed by atoms with van der Waals surface area (Å²) in [6, 6.07) is 3.54. The summed E-state index contributed by atoms with van der Waals surface area (Å²) in [7, 11) is 0. The molecule has 1 atom stereocenters. The molecule has 4 heteroatoms. The summed E-state index contributed by atoms with van der Waals surface area (Å²) in [5.41, 5.74) is 6.42. The predicted octanol–water partition coefficient (Wildman–Crippen LogP) is 0.785. The summed E-state index contributed by atoms with van der Waals surface area (Å²) in [6.45, 7) is 1.80. The highest BCUT2D eigenvalue weighted by molar-refractivity contribution is 5.76. The number of carbonyl (C=O) groups is 1. The monoisotopic (exact) mass is 181 g/mol. The zero-order chi connectivity index (χ0) is 10.0. The van der Waals surface area contributed by atoms with Crippen molar-refractivity contribution in [1.82, 2.24) is 0 Å². The van der Waals surface area contributed by atoms with Gasteiger partial charge in [-0.2, -0.15) is 0 Å². The highest BCUT2D eigenvalue weighted by atomic mass is 16.4. The fourth-order valence-electron chi connectivity index (χ4n) is 1.05. The molecule has 0 aromatic heterocycles. The highest BCUT2D eigenvalue weighted by Crippen LogP contribution is 2.23. The topological polar surface area (TPSA) is 83.6 Å². The predicted molar refractivity (Wildman–Crippen MR) is 47.4 cm³/mol. The molecule has 0 saturated carbocycles. The van der Waals surface area contributed by atoms with Gasteiger partial charge in [0.15, 0.2) is 0 Å². The van der Waals surface area contributed by atoms with Crippen molar-refractivity contribution in [3.63, 3.8) is 0 Å². The molecular weight excluding hydrogens is 170 g/mol. The third kappa shape index (κ3) is 1.97. The van der Waals surface area contributed by atoms with Gasteiger partial charge in [0, 0.05) is 5.56 Å². The zero-order valence-electron chi connectivity index (χ0n) is 7.19. The van der Waals surface area contributed by atoms with E-state index in [9.17, 15) is 9.90 Å². The summed E-state index contributed by atoms with van der Waals surface area (Å²) < 4.78 is 0. The Labute approximate surface area is 75.6 Å². The van der Waals surface area contributed by atoms with E-state index in [1.165, 1.54) is 12.1 Å². The van der Waals surface area contributed by atoms with E-state index in [1.807, 2.05) is 0 Å². The summed E-state index contributed by atoms with van der Waals surface area (Å²) >= 11 is 0. The standard InChI is InChI=1S/C9H11NO3/c1-5-2-3-6(7(11)4-5)8(10)9(12)13/h2-4,8,11H,10H2,1H3,(H,12,13). The third-order valence-electron chi connectivity index (χ3n) is 1.79. The Balaban J connectivity index is 3.08. The first-order chi connectivity index (χ1) is 6.02. The van der Waals surface area contributed by atoms with Crippen molar-refractivity contribution in [1.29, 1.82) is 0 Å². The van der Waals surface area contributed by atoms with Crippen LogP contribution in [0.2, 0.25) is 0 Å². The van der Waals surface area contributed by atoms with Gasteiger partial charge in [0.25, 0.3) is 0 Å². The Kier molecular flexibility index (Phi) is 2.53. The molecule has 1 aromatic rings. The third-order valence-corrected chi connectivity index (χ3v) is 1.79. The van der Waals surface area contributed by atoms with Gasteiger partial charge in [-0.05, 0) is 18.6 Å². The number of benzene rings is 1. The van der Waals surface area contributed by atoms with E-state index in [4.69, 9.17) is 10.8 Å². The second-order valence-electron chi connectivity index (χ2n) is 2.88. The van der Waals surface area contributed by atoms with E-state index < -0.39 is 12.0 Å². The number of aliphatic carboxylic acids is 1. The van der Waals surface area contributed by atoms with Crippen LogP contribution in [0.4, 0.5) is 0 Å². The first kappa shape index (κ1) is 9.54. The number of nitrogens with two attached hydrogens (primary N) is 1. The minimum atomic E-state index is -1.17. The Hall–Kier alpha value is -1.55. The summed E-state index contributed by atoms with van der Waals surface area (Å²) in [4.78, 5) is 10.5. The molecule has 4 N–H and O–H groups in total. The molecule has 0 heterocycles. The van der Waals surface area contributed by atoms with Crippen LogP contribution >= 0.6 is 0 Å². The van der Waals surface area contributed by atoms with Crippen molar-refractivity contribution in [2.45, 2.75) is 13.0 Å². The maximum atomic E-state index is 10.5. The van der Waals surface area contributed by atoms with Crippen LogP contribution in [0.5, 0.6) is 5.75 Å². The molecule has 1 unspecified atom stereocenters. The second-order valence-corrected chi connectivity index (χ2v) is 2.88. The number of phenolic OH excluding ortho intramolecular Hbond substituents is 1. The number of hydrogen-bond donors (Lipinski definition) is 3. The van der Waals surface area contributed by atoms with Crippen LogP contribution < -0.4 is 5.73 Å². The molecule has 0 aliphatic rings. The number of carboxylic acid groups (broad SMARTS) is 1. The number of phenols is 1. The number of aromatic hydroxyl groups is 1. The summed E-state index contributed by atoms with van der Waals surface area (Å²) in [6.07, 6.45) is 0. The number of rotatable bonds is 2. The van der Waals surface area contributed by atoms with Crippen LogP contribution in [0.1, 0.15) is 17.2 Å². The van der Waals surface area contributed by atoms with Crippen molar-refractivity contribution in [2.24, 2.45) is 5.73 Å². The van der Waals surface area contributed by atoms with Crippen LogP contribution in [-0.2, 0) is 4.79 Å². The van der Waals surface area contributed by atoms with Crippen LogP contribution in [0.25, 0.3) is 0 Å². The van der Waals surface area contributed by atoms with Crippen LogP contribution in [0, 0.1) is 6.92 Å². The second kappa shape index (κ2) is 3.45. The van der Waals surface area contributed by atoms with Gasteiger partial charge in [-0.1, -0.05) is 12.1 Å². The molecule has 0 aliphatic carbocycles. The van der Waals surface area contributed by atoms with Crippen LogP contribution in [-0.4, -0.2) is 16.2 Å². The van der Waals surface area contributed by atoms with Gasteiger partial charge < -0.3 is 15.9 Å². The molecule has 0 fully saturated rings. The maximum Gasteiger partial charge on any atom is 0.325 e. The molecule has 0 amide bonds. The van der Waals surface area contributed by atoms with Crippen molar-refractivity contribution >= 4 is 5.97 Å². The van der Waals surface area contributed by atoms with Gasteiger partial charge >= 0.3 is 5.97 Å². The average molecular weight is 181 g/mol. The summed E-state index contributed by atoms with van der Waals surface area (Å²) in [5, 5.41) is 18.0. The SMILES string of the molecule is Cc1ccc(C(N)C(=O)O)c(O)c1. The molecule has 0 radical (unpaired) electrons. The molecule has 13 heavy (non-hydrogen) atoms. The van der Waals surface area contributed by atoms with Gasteiger partial charge in [0.2, 0.25) is 0 Å². The molecule has 0 aliphatic heterocycles. The van der Waals surface area contributed by atoms with E-state index >= 15 is 0 Å². The molecule has 0 bridgehead atoms. The number of hydrogen-bond acceptors (Lipinski definition) is 3. The Morgan fingerprint density at radius 2 is 2.15 bits per heavy atom. The van der Waals surface area contributed by atoms with Gasteiger partial charge in [-0.3, -0.25) is 4.79 Å². The first-order valence-corrected chi connectivity index (χ1v) is 3.80. The van der Waals surface area contributed by atoms with Gasteiger partial charge in [-0.25, -0.2) is 0 Å². The average Bonchev–Trinajstić information content (AvgIpc) is 2.03. The number of aryl methyl sites for hydroxylation is 1. The lowest BCUT2D eigenvalue weighted by Gasteiger charge is -2.09. The van der Waals surface area contributed by atoms with E-state index in [0.29, 0.717) is 0 Å². The number of carboxylic acids is 1. The smallest absolute Gasteiger partial charge is 0.325 e. The molecule has 1 aromatic carbocycles. The van der Waals surface area contributed by atoms with Crippen molar-refractivity contribution < 1.29 is 15.0 Å². The molecule has 0 saturated heterocycles. The molecular formula is C9H11NO3. The lowest BCUT2D eigenvalue weighted by molar-refractivity contribution is -0.138. The Bertz CT molecular complexity index is 336. The fourth-order valence-corrected chi connectivity index (χ4v) is 1.05. The first-order valence-electron chi connectivity index (χ1n) is 3.80. The molecule has 1 rings (SSSR count). The molecule has 0 spiro atoms. The van der Waals surface area contributed by atoms with E-state index in [0.717, 1.165) is 5.56 Å². The van der Waals surface area contributed by atoms with Gasteiger partial charge in [0.05, 0.1) is 0 Å². The minimum absolute atomic E-state index is 0.0742. The van der Waals surface area contributed by atoms with Crippen molar-refractivity contribution in [3.8, 4) is 5.75 Å². The largest absolute Gasteiger partial charge is 0.508 e. The van der Waals surface area contributed by atoms with E-state index in [2.05, 4.69) is 0 Å². The zero-order valence-corrected chi connectivity index (χ0v) is 7.19. The molecule has 4 nitrogen and oxygen atoms in total. The van der Waals surface area contributed by atoms with Crippen molar-refractivity contribution in [2.75, 3.05) is 0 Å². The van der Waals surface area contributed by atoms with Crippen molar-refractivity contribution in [3.05, 3.63) is 29.3 Å². The van der Waals surface area contributed by atoms with Crippen LogP contribution in [0.15, 0.2) is 18.2 Å². The maximum absolute atomic E-state index is 10.5. The Morgan fingerprint density at radius 3 is 2.62 bits per heavy atom. The van der Waals surface area contributed by atoms with E-state index in [-0.39, 0.29) is 11.3 Å². The quantitative estimate of drug-likeness (QED) is 0.629. The normalized spacial score (nSPS) is 12.5. The lowest BCUT2D eigenvalue weighted by Crippen LogP contribution is -2.20. The van der Waals surface area contributed by atoms with Gasteiger partial charge in [0.1, 0.15) is 11.8 Å². The van der Waals surface area contributed by atoms with Crippen LogP contribution in [0.3, 0.4) is 0 Å².